The number of para-hydroxylation sites is 1. The van der Waals surface area contributed by atoms with Crippen molar-refractivity contribution in [1.29, 1.82) is 0 Å². The van der Waals surface area contributed by atoms with Crippen molar-refractivity contribution in [1.82, 2.24) is 10.2 Å². The second-order valence-corrected chi connectivity index (χ2v) is 7.39. The zero-order valence-electron chi connectivity index (χ0n) is 15.2. The first kappa shape index (κ1) is 18.8. The number of hydrogen-bond acceptors (Lipinski definition) is 6. The fraction of sp³-hybridized carbons (Fsp3) is 0.200. The molecule has 0 spiro atoms. The third kappa shape index (κ3) is 4.62. The van der Waals surface area contributed by atoms with Gasteiger partial charge >= 0.3 is 0 Å². The number of amides is 1. The van der Waals surface area contributed by atoms with Gasteiger partial charge in [0.25, 0.3) is 5.22 Å². The van der Waals surface area contributed by atoms with E-state index in [2.05, 4.69) is 15.5 Å². The third-order valence-electron chi connectivity index (χ3n) is 3.88. The Morgan fingerprint density at radius 3 is 2.63 bits per heavy atom. The fourth-order valence-corrected chi connectivity index (χ4v) is 3.17. The van der Waals surface area contributed by atoms with Crippen LogP contribution in [-0.2, 0) is 4.79 Å². The molecule has 0 aliphatic rings. The summed E-state index contributed by atoms with van der Waals surface area (Å²) in [6.45, 7) is 5.20. The lowest BCUT2D eigenvalue weighted by molar-refractivity contribution is -0.115. The highest BCUT2D eigenvalue weighted by molar-refractivity contribution is 8.00. The summed E-state index contributed by atoms with van der Waals surface area (Å²) in [6.07, 6.45) is 0. The van der Waals surface area contributed by atoms with Crippen LogP contribution < -0.4 is 5.32 Å². The van der Waals surface area contributed by atoms with Gasteiger partial charge in [0.15, 0.2) is 5.78 Å². The molecule has 7 heteroatoms. The van der Waals surface area contributed by atoms with Gasteiger partial charge in [0.2, 0.25) is 11.8 Å². The topological polar surface area (TPSA) is 85.1 Å². The minimum atomic E-state index is -0.476. The van der Waals surface area contributed by atoms with Gasteiger partial charge in [-0.1, -0.05) is 41.6 Å². The lowest BCUT2D eigenvalue weighted by atomic mass is 10.1. The number of aromatic nitrogens is 2. The van der Waals surface area contributed by atoms with Crippen molar-refractivity contribution in [2.24, 2.45) is 0 Å². The Morgan fingerprint density at radius 1 is 1.11 bits per heavy atom. The number of anilines is 1. The monoisotopic (exact) mass is 381 g/mol. The van der Waals surface area contributed by atoms with Crippen molar-refractivity contribution >= 4 is 29.1 Å². The Hall–Kier alpha value is -2.93. The van der Waals surface area contributed by atoms with Gasteiger partial charge in [0.05, 0.1) is 10.9 Å². The fourth-order valence-electron chi connectivity index (χ4n) is 2.49. The summed E-state index contributed by atoms with van der Waals surface area (Å²) in [4.78, 5) is 24.2. The van der Waals surface area contributed by atoms with Crippen molar-refractivity contribution in [3.63, 3.8) is 0 Å². The summed E-state index contributed by atoms with van der Waals surface area (Å²) in [5, 5.41) is 10.7. The summed E-state index contributed by atoms with van der Waals surface area (Å²) in [5.74, 6) is 0.0608. The number of carbonyl (C=O) groups excluding carboxylic acids is 2. The molecule has 1 amide bonds. The maximum Gasteiger partial charge on any atom is 0.277 e. The standard InChI is InChI=1S/C20H19N3O3S/c1-12-7-6-8-15(11-12)19-22-23-20(26-19)27-14(3)18(25)21-17-10-5-4-9-16(17)13(2)24/h4-11,14H,1-3H3,(H,21,25)/t14-/m1/s1. The summed E-state index contributed by atoms with van der Waals surface area (Å²) >= 11 is 1.17. The molecule has 2 aromatic carbocycles. The van der Waals surface area contributed by atoms with Crippen LogP contribution in [0.3, 0.4) is 0 Å². The van der Waals surface area contributed by atoms with Crippen molar-refractivity contribution in [2.75, 3.05) is 5.32 Å². The number of hydrogen-bond donors (Lipinski definition) is 1. The Balaban J connectivity index is 1.68. The van der Waals surface area contributed by atoms with E-state index < -0.39 is 5.25 Å². The molecular formula is C20H19N3O3S. The molecule has 138 valence electrons. The number of ketones is 1. The third-order valence-corrected chi connectivity index (χ3v) is 4.82. The quantitative estimate of drug-likeness (QED) is 0.504. The lowest BCUT2D eigenvalue weighted by Gasteiger charge is -2.12. The normalized spacial score (nSPS) is 11.8. The van der Waals surface area contributed by atoms with Crippen LogP contribution in [0.1, 0.15) is 29.8 Å². The summed E-state index contributed by atoms with van der Waals surface area (Å²) in [5.41, 5.74) is 2.90. The van der Waals surface area contributed by atoms with Gasteiger partial charge in [-0.15, -0.1) is 10.2 Å². The molecule has 0 bridgehead atoms. The maximum absolute atomic E-state index is 12.5. The van der Waals surface area contributed by atoms with Gasteiger partial charge in [-0.3, -0.25) is 9.59 Å². The number of aryl methyl sites for hydroxylation is 1. The molecule has 0 saturated heterocycles. The van der Waals surface area contributed by atoms with Gasteiger partial charge in [-0.2, -0.15) is 0 Å². The van der Waals surface area contributed by atoms with Gasteiger partial charge < -0.3 is 9.73 Å². The van der Waals surface area contributed by atoms with Gasteiger partial charge in [-0.05, 0) is 45.0 Å². The molecular weight excluding hydrogens is 362 g/mol. The highest BCUT2D eigenvalue weighted by atomic mass is 32.2. The molecule has 0 aliphatic carbocycles. The molecule has 3 aromatic rings. The summed E-state index contributed by atoms with van der Waals surface area (Å²) in [7, 11) is 0. The first-order valence-electron chi connectivity index (χ1n) is 8.42. The lowest BCUT2D eigenvalue weighted by Crippen LogP contribution is -2.23. The van der Waals surface area contributed by atoms with E-state index >= 15 is 0 Å². The first-order valence-corrected chi connectivity index (χ1v) is 9.30. The summed E-state index contributed by atoms with van der Waals surface area (Å²) in [6, 6.07) is 14.7. The van der Waals surface area contributed by atoms with Gasteiger partial charge in [-0.25, -0.2) is 0 Å². The Kier molecular flexibility index (Phi) is 5.71. The predicted octanol–water partition coefficient (Wildman–Crippen LogP) is 4.37. The maximum atomic E-state index is 12.5. The average Bonchev–Trinajstić information content (AvgIpc) is 3.10. The van der Waals surface area contributed by atoms with Crippen LogP contribution in [0.25, 0.3) is 11.5 Å². The zero-order chi connectivity index (χ0) is 19.4. The van der Waals surface area contributed by atoms with Crippen molar-refractivity contribution in [3.8, 4) is 11.5 Å². The van der Waals surface area contributed by atoms with Crippen LogP contribution in [0.2, 0.25) is 0 Å². The second-order valence-electron chi connectivity index (χ2n) is 6.09. The highest BCUT2D eigenvalue weighted by Crippen LogP contribution is 2.27. The van der Waals surface area contributed by atoms with E-state index in [9.17, 15) is 9.59 Å². The smallest absolute Gasteiger partial charge is 0.277 e. The average molecular weight is 381 g/mol. The van der Waals surface area contributed by atoms with Gasteiger partial charge in [0.1, 0.15) is 0 Å². The molecule has 27 heavy (non-hydrogen) atoms. The largest absolute Gasteiger partial charge is 0.411 e. The summed E-state index contributed by atoms with van der Waals surface area (Å²) < 4.78 is 5.66. The minimum absolute atomic E-state index is 0.106. The second kappa shape index (κ2) is 8.18. The number of benzene rings is 2. The molecule has 1 atom stereocenters. The van der Waals surface area contributed by atoms with E-state index in [1.54, 1.807) is 31.2 Å². The molecule has 0 saturated carbocycles. The van der Waals surface area contributed by atoms with E-state index in [0.717, 1.165) is 11.1 Å². The zero-order valence-corrected chi connectivity index (χ0v) is 16.0. The molecule has 0 fully saturated rings. The molecule has 1 N–H and O–H groups in total. The van der Waals surface area contributed by atoms with Crippen LogP contribution >= 0.6 is 11.8 Å². The van der Waals surface area contributed by atoms with E-state index in [-0.39, 0.29) is 11.7 Å². The van der Waals surface area contributed by atoms with E-state index in [1.807, 2.05) is 31.2 Å². The minimum Gasteiger partial charge on any atom is -0.411 e. The number of carbonyl (C=O) groups is 2. The molecule has 0 radical (unpaired) electrons. The van der Waals surface area contributed by atoms with Crippen LogP contribution in [0, 0.1) is 6.92 Å². The van der Waals surface area contributed by atoms with E-state index in [0.29, 0.717) is 22.4 Å². The van der Waals surface area contributed by atoms with Crippen LogP contribution in [0.4, 0.5) is 5.69 Å². The number of rotatable bonds is 6. The number of nitrogens with zero attached hydrogens (tertiary/aromatic N) is 2. The Morgan fingerprint density at radius 2 is 1.89 bits per heavy atom. The Bertz CT molecular complexity index is 984. The molecule has 1 heterocycles. The van der Waals surface area contributed by atoms with E-state index in [4.69, 9.17) is 4.42 Å². The van der Waals surface area contributed by atoms with Crippen molar-refractivity contribution in [2.45, 2.75) is 31.2 Å². The number of nitrogens with one attached hydrogen (secondary N) is 1. The molecule has 0 aliphatic heterocycles. The molecule has 1 aromatic heterocycles. The highest BCUT2D eigenvalue weighted by Gasteiger charge is 2.20. The molecule has 3 rings (SSSR count). The number of thioether (sulfide) groups is 1. The van der Waals surface area contributed by atoms with Crippen molar-refractivity contribution < 1.29 is 14.0 Å². The van der Waals surface area contributed by atoms with Crippen LogP contribution in [-0.4, -0.2) is 27.1 Å². The molecule has 0 unspecified atom stereocenters. The van der Waals surface area contributed by atoms with Crippen molar-refractivity contribution in [3.05, 3.63) is 59.7 Å². The molecule has 6 nitrogen and oxygen atoms in total. The van der Waals surface area contributed by atoms with Gasteiger partial charge in [0, 0.05) is 11.1 Å². The van der Waals surface area contributed by atoms with E-state index in [1.165, 1.54) is 18.7 Å². The SMILES string of the molecule is CC(=O)c1ccccc1NC(=O)[C@@H](C)Sc1nnc(-c2cccc(C)c2)o1. The Labute approximate surface area is 161 Å². The predicted molar refractivity (Wildman–Crippen MR) is 105 cm³/mol. The first-order chi connectivity index (χ1) is 12.9. The van der Waals surface area contributed by atoms with Crippen LogP contribution in [0.15, 0.2) is 58.2 Å². The number of Topliss-reactive ketones (excluding diaryl/α,β-unsaturated/α-hetero) is 1. The van der Waals surface area contributed by atoms with Crippen LogP contribution in [0.5, 0.6) is 0 Å².